The van der Waals surface area contributed by atoms with Gasteiger partial charge in [-0.3, -0.25) is 9.48 Å². The van der Waals surface area contributed by atoms with Crippen LogP contribution < -0.4 is 5.32 Å². The van der Waals surface area contributed by atoms with E-state index < -0.39 is 6.10 Å². The molecule has 0 aliphatic carbocycles. The first kappa shape index (κ1) is 16.0. The summed E-state index contributed by atoms with van der Waals surface area (Å²) in [5.74, 6) is -0.211. The molecule has 3 aromatic rings. The fraction of sp³-hybridized carbons (Fsp3) is 0.250. The van der Waals surface area contributed by atoms with E-state index in [9.17, 15) is 9.90 Å². The van der Waals surface area contributed by atoms with E-state index in [1.165, 1.54) is 11.3 Å². The van der Waals surface area contributed by atoms with Gasteiger partial charge in [-0.15, -0.1) is 11.3 Å². The van der Waals surface area contributed by atoms with Gasteiger partial charge in [0.25, 0.3) is 5.91 Å². The number of carbonyl (C=O) groups is 1. The first-order valence-electron chi connectivity index (χ1n) is 7.11. The second-order valence-corrected chi connectivity index (χ2v) is 6.72. The zero-order valence-electron chi connectivity index (χ0n) is 12.7. The monoisotopic (exact) mass is 349 g/mol. The number of hydrogen-bond donors (Lipinski definition) is 2. The molecule has 3 rings (SSSR count). The molecule has 23 heavy (non-hydrogen) atoms. The lowest BCUT2D eigenvalue weighted by Crippen LogP contribution is -2.27. The van der Waals surface area contributed by atoms with E-state index in [-0.39, 0.29) is 12.5 Å². The molecule has 0 saturated heterocycles. The standard InChI is InChI=1S/C16H16ClN3O2S/c1-9-11-7-14(23-16(11)20(2)19-9)15(22)18-8-13(21)10-5-3-4-6-12(10)17/h3-7,13,21H,8H2,1-2H3,(H,18,22). The van der Waals surface area contributed by atoms with Gasteiger partial charge >= 0.3 is 0 Å². The Balaban J connectivity index is 1.71. The fourth-order valence-corrected chi connectivity index (χ4v) is 3.75. The molecule has 0 fully saturated rings. The minimum Gasteiger partial charge on any atom is -0.387 e. The Morgan fingerprint density at radius 2 is 2.22 bits per heavy atom. The summed E-state index contributed by atoms with van der Waals surface area (Å²) in [6.45, 7) is 2.02. The molecule has 2 heterocycles. The lowest BCUT2D eigenvalue weighted by molar-refractivity contribution is 0.0920. The van der Waals surface area contributed by atoms with Gasteiger partial charge in [0.05, 0.1) is 16.7 Å². The summed E-state index contributed by atoms with van der Waals surface area (Å²) in [6.07, 6.45) is -0.842. The van der Waals surface area contributed by atoms with E-state index in [1.54, 1.807) is 28.9 Å². The minimum atomic E-state index is -0.842. The van der Waals surface area contributed by atoms with Crippen LogP contribution in [0.3, 0.4) is 0 Å². The number of nitrogens with zero attached hydrogens (tertiary/aromatic N) is 2. The van der Waals surface area contributed by atoms with Crippen LogP contribution in [0.1, 0.15) is 27.0 Å². The van der Waals surface area contributed by atoms with Crippen LogP contribution in [-0.2, 0) is 7.05 Å². The van der Waals surface area contributed by atoms with Crippen molar-refractivity contribution in [2.75, 3.05) is 6.54 Å². The highest BCUT2D eigenvalue weighted by atomic mass is 35.5. The largest absolute Gasteiger partial charge is 0.387 e. The molecule has 0 bridgehead atoms. The average Bonchev–Trinajstić information content (AvgIpc) is 3.07. The van der Waals surface area contributed by atoms with Gasteiger partial charge in [-0.05, 0) is 19.1 Å². The van der Waals surface area contributed by atoms with E-state index in [1.807, 2.05) is 20.0 Å². The SMILES string of the molecule is Cc1nn(C)c2sc(C(=O)NCC(O)c3ccccc3Cl)cc12. The molecule has 2 N–H and O–H groups in total. The minimum absolute atomic E-state index is 0.105. The van der Waals surface area contributed by atoms with E-state index in [2.05, 4.69) is 10.4 Å². The Bertz CT molecular complexity index is 837. The summed E-state index contributed by atoms with van der Waals surface area (Å²) in [5, 5.41) is 18.7. The van der Waals surface area contributed by atoms with Crippen LogP contribution in [0, 0.1) is 6.92 Å². The normalized spacial score (nSPS) is 12.5. The van der Waals surface area contributed by atoms with Crippen molar-refractivity contribution in [3.63, 3.8) is 0 Å². The molecule has 120 valence electrons. The Morgan fingerprint density at radius 1 is 1.48 bits per heavy atom. The molecule has 1 amide bonds. The van der Waals surface area contributed by atoms with Crippen LogP contribution in [0.4, 0.5) is 0 Å². The summed E-state index contributed by atoms with van der Waals surface area (Å²) < 4.78 is 1.77. The number of fused-ring (bicyclic) bond motifs is 1. The molecule has 0 aliphatic rings. The van der Waals surface area contributed by atoms with Gasteiger partial charge < -0.3 is 10.4 Å². The second kappa shape index (κ2) is 6.31. The summed E-state index contributed by atoms with van der Waals surface area (Å²) in [5.41, 5.74) is 1.50. The van der Waals surface area contributed by atoms with Crippen molar-refractivity contribution in [2.45, 2.75) is 13.0 Å². The number of hydrogen-bond acceptors (Lipinski definition) is 4. The first-order valence-corrected chi connectivity index (χ1v) is 8.30. The van der Waals surface area contributed by atoms with Gasteiger partial charge in [0.1, 0.15) is 4.83 Å². The zero-order chi connectivity index (χ0) is 16.6. The Kier molecular flexibility index (Phi) is 4.39. The number of thiophene rings is 1. The molecule has 0 spiro atoms. The molecule has 5 nitrogen and oxygen atoms in total. The van der Waals surface area contributed by atoms with Crippen molar-refractivity contribution in [1.29, 1.82) is 0 Å². The summed E-state index contributed by atoms with van der Waals surface area (Å²) >= 11 is 7.43. The highest BCUT2D eigenvalue weighted by molar-refractivity contribution is 7.20. The lowest BCUT2D eigenvalue weighted by atomic mass is 10.1. The van der Waals surface area contributed by atoms with Crippen molar-refractivity contribution in [2.24, 2.45) is 7.05 Å². The van der Waals surface area contributed by atoms with Gasteiger partial charge in [0.2, 0.25) is 0 Å². The van der Waals surface area contributed by atoms with E-state index in [0.29, 0.717) is 15.5 Å². The third-order valence-corrected chi connectivity index (χ3v) is 5.19. The summed E-state index contributed by atoms with van der Waals surface area (Å²) in [4.78, 5) is 13.8. The third-order valence-electron chi connectivity index (χ3n) is 3.64. The number of aliphatic hydroxyl groups is 1. The van der Waals surface area contributed by atoms with Crippen molar-refractivity contribution in [3.05, 3.63) is 51.5 Å². The van der Waals surface area contributed by atoms with E-state index >= 15 is 0 Å². The number of benzene rings is 1. The number of halogens is 1. The Morgan fingerprint density at radius 3 is 2.91 bits per heavy atom. The topological polar surface area (TPSA) is 67.2 Å². The van der Waals surface area contributed by atoms with Gasteiger partial charge in [-0.2, -0.15) is 5.10 Å². The molecular formula is C16H16ClN3O2S. The molecule has 7 heteroatoms. The quantitative estimate of drug-likeness (QED) is 0.760. The molecule has 0 saturated carbocycles. The molecule has 0 radical (unpaired) electrons. The van der Waals surface area contributed by atoms with E-state index in [0.717, 1.165) is 15.9 Å². The highest BCUT2D eigenvalue weighted by Crippen LogP contribution is 2.28. The van der Waals surface area contributed by atoms with Gasteiger partial charge in [-0.1, -0.05) is 29.8 Å². The molecule has 0 aliphatic heterocycles. The van der Waals surface area contributed by atoms with Crippen molar-refractivity contribution in [3.8, 4) is 0 Å². The average molecular weight is 350 g/mol. The lowest BCUT2D eigenvalue weighted by Gasteiger charge is -2.13. The van der Waals surface area contributed by atoms with Gasteiger partial charge in [0.15, 0.2) is 0 Å². The smallest absolute Gasteiger partial charge is 0.261 e. The van der Waals surface area contributed by atoms with Gasteiger partial charge in [-0.25, -0.2) is 0 Å². The number of aromatic nitrogens is 2. The van der Waals surface area contributed by atoms with Crippen LogP contribution in [-0.4, -0.2) is 27.3 Å². The maximum atomic E-state index is 12.3. The fourth-order valence-electron chi connectivity index (χ4n) is 2.45. The second-order valence-electron chi connectivity index (χ2n) is 5.29. The number of aliphatic hydroxyl groups excluding tert-OH is 1. The van der Waals surface area contributed by atoms with Crippen LogP contribution in [0.25, 0.3) is 10.2 Å². The van der Waals surface area contributed by atoms with Crippen LogP contribution >= 0.6 is 22.9 Å². The molecule has 1 aromatic carbocycles. The number of nitrogens with one attached hydrogen (secondary N) is 1. The molecule has 2 aromatic heterocycles. The van der Waals surface area contributed by atoms with Crippen LogP contribution in [0.5, 0.6) is 0 Å². The third kappa shape index (κ3) is 3.10. The van der Waals surface area contributed by atoms with Gasteiger partial charge in [0, 0.05) is 29.6 Å². The predicted octanol–water partition coefficient (Wildman–Crippen LogP) is 3.06. The van der Waals surface area contributed by atoms with Crippen molar-refractivity contribution >= 4 is 39.1 Å². The summed E-state index contributed by atoms with van der Waals surface area (Å²) in [7, 11) is 1.86. The molecule has 1 unspecified atom stereocenters. The molecule has 1 atom stereocenters. The van der Waals surface area contributed by atoms with Crippen LogP contribution in [0.2, 0.25) is 5.02 Å². The predicted molar refractivity (Wildman–Crippen MR) is 92.1 cm³/mol. The Labute approximate surface area is 142 Å². The van der Waals surface area contributed by atoms with E-state index in [4.69, 9.17) is 11.6 Å². The molecular weight excluding hydrogens is 334 g/mol. The highest BCUT2D eigenvalue weighted by Gasteiger charge is 2.17. The van der Waals surface area contributed by atoms with Crippen molar-refractivity contribution in [1.82, 2.24) is 15.1 Å². The van der Waals surface area contributed by atoms with Crippen LogP contribution in [0.15, 0.2) is 30.3 Å². The van der Waals surface area contributed by atoms with Crippen molar-refractivity contribution < 1.29 is 9.90 Å². The number of carbonyl (C=O) groups excluding carboxylic acids is 1. The zero-order valence-corrected chi connectivity index (χ0v) is 14.3. The number of aryl methyl sites for hydroxylation is 2. The number of rotatable bonds is 4. The number of amides is 1. The maximum Gasteiger partial charge on any atom is 0.261 e. The first-order chi connectivity index (χ1) is 11.0. The Hall–Kier alpha value is -1.89. The summed E-state index contributed by atoms with van der Waals surface area (Å²) in [6, 6.07) is 8.88. The maximum absolute atomic E-state index is 12.3.